The van der Waals surface area contributed by atoms with E-state index in [1.807, 2.05) is 19.1 Å². The van der Waals surface area contributed by atoms with Crippen LogP contribution >= 0.6 is 11.3 Å². The van der Waals surface area contributed by atoms with Gasteiger partial charge in [-0.05, 0) is 41.0 Å². The maximum absolute atomic E-state index is 12.3. The summed E-state index contributed by atoms with van der Waals surface area (Å²) in [5, 5.41) is 1.68. The molecule has 7 heteroatoms. The topological polar surface area (TPSA) is 63.7 Å². The van der Waals surface area contributed by atoms with Gasteiger partial charge in [0.15, 0.2) is 0 Å². The Morgan fingerprint density at radius 3 is 2.44 bits per heavy atom. The molecule has 136 valence electrons. The van der Waals surface area contributed by atoms with Gasteiger partial charge in [0.05, 0.1) is 0 Å². The molecule has 1 aromatic heterocycles. The van der Waals surface area contributed by atoms with Crippen LogP contribution < -0.4 is 4.74 Å². The molecule has 0 radical (unpaired) electrons. The van der Waals surface area contributed by atoms with Gasteiger partial charge in [0, 0.05) is 7.05 Å². The van der Waals surface area contributed by atoms with E-state index in [2.05, 4.69) is 20.8 Å². The minimum Gasteiger partial charge on any atom is -0.425 e. The zero-order valence-corrected chi connectivity index (χ0v) is 16.7. The van der Waals surface area contributed by atoms with Gasteiger partial charge in [-0.15, -0.1) is 11.3 Å². The molecule has 0 saturated heterocycles. The lowest BCUT2D eigenvalue weighted by Gasteiger charge is -2.20. The molecule has 2 aromatic rings. The van der Waals surface area contributed by atoms with Gasteiger partial charge in [-0.25, -0.2) is 8.42 Å². The summed E-state index contributed by atoms with van der Waals surface area (Å²) < 4.78 is 31.2. The molecule has 1 aromatic carbocycles. The van der Waals surface area contributed by atoms with Crippen molar-refractivity contribution in [3.8, 4) is 5.75 Å². The fourth-order valence-corrected chi connectivity index (χ4v) is 4.53. The maximum atomic E-state index is 12.3. The zero-order chi connectivity index (χ0) is 18.8. The van der Waals surface area contributed by atoms with E-state index < -0.39 is 16.0 Å². The van der Waals surface area contributed by atoms with E-state index in [1.165, 1.54) is 13.1 Å². The minimum absolute atomic E-state index is 0.00228. The van der Waals surface area contributed by atoms with Crippen LogP contribution in [0.3, 0.4) is 0 Å². The molecule has 0 saturated carbocycles. The number of nitrogens with zero attached hydrogens (tertiary/aromatic N) is 1. The Morgan fingerprint density at radius 1 is 1.24 bits per heavy atom. The summed E-state index contributed by atoms with van der Waals surface area (Å²) >= 11 is 1.11. The van der Waals surface area contributed by atoms with Crippen LogP contribution in [0.1, 0.15) is 31.9 Å². The summed E-state index contributed by atoms with van der Waals surface area (Å²) in [6, 6.07) is 8.82. The number of likely N-dealkylation sites (N-methyl/N-ethyl adjacent to an activating group) is 1. The average Bonchev–Trinajstić information content (AvgIpc) is 3.03. The number of aryl methyl sites for hydroxylation is 1. The summed E-state index contributed by atoms with van der Waals surface area (Å²) in [7, 11) is -2.30. The van der Waals surface area contributed by atoms with Gasteiger partial charge in [0.2, 0.25) is 0 Å². The van der Waals surface area contributed by atoms with Crippen molar-refractivity contribution < 1.29 is 17.9 Å². The van der Waals surface area contributed by atoms with Crippen LogP contribution in [0.15, 0.2) is 39.9 Å². The lowest BCUT2D eigenvalue weighted by atomic mass is 9.86. The van der Waals surface area contributed by atoms with E-state index in [0.717, 1.165) is 26.8 Å². The number of hydrogen-bond acceptors (Lipinski definition) is 5. The van der Waals surface area contributed by atoms with Crippen LogP contribution in [0.4, 0.5) is 0 Å². The summed E-state index contributed by atoms with van der Waals surface area (Å²) in [4.78, 5) is 12.1. The second-order valence-corrected chi connectivity index (χ2v) is 10.1. The molecule has 0 atom stereocenters. The highest BCUT2D eigenvalue weighted by atomic mass is 32.2. The van der Waals surface area contributed by atoms with Crippen molar-refractivity contribution in [3.05, 3.63) is 46.8 Å². The normalized spacial score (nSPS) is 12.4. The molecule has 2 rings (SSSR count). The SMILES string of the molecule is Cc1cc(C(C)(C)C)ccc1OC(=O)CN(C)S(=O)(=O)c1cccs1. The number of benzene rings is 1. The van der Waals surface area contributed by atoms with E-state index in [4.69, 9.17) is 4.74 Å². The predicted octanol–water partition coefficient (Wildman–Crippen LogP) is 3.58. The second kappa shape index (κ2) is 7.27. The van der Waals surface area contributed by atoms with E-state index in [1.54, 1.807) is 17.5 Å². The molecule has 0 aliphatic carbocycles. The quantitative estimate of drug-likeness (QED) is 0.587. The van der Waals surface area contributed by atoms with Gasteiger partial charge < -0.3 is 4.74 Å². The summed E-state index contributed by atoms with van der Waals surface area (Å²) in [6.07, 6.45) is 0. The van der Waals surface area contributed by atoms with Crippen LogP contribution in [-0.2, 0) is 20.2 Å². The molecule has 0 unspecified atom stereocenters. The van der Waals surface area contributed by atoms with Crippen molar-refractivity contribution in [2.45, 2.75) is 37.3 Å². The van der Waals surface area contributed by atoms with E-state index in [-0.39, 0.29) is 16.2 Å². The Hall–Kier alpha value is -1.70. The van der Waals surface area contributed by atoms with Gasteiger partial charge >= 0.3 is 5.97 Å². The molecule has 5 nitrogen and oxygen atoms in total. The van der Waals surface area contributed by atoms with E-state index >= 15 is 0 Å². The molecule has 0 amide bonds. The van der Waals surface area contributed by atoms with Crippen molar-refractivity contribution in [2.75, 3.05) is 13.6 Å². The number of ether oxygens (including phenoxy) is 1. The molecule has 0 N–H and O–H groups in total. The largest absolute Gasteiger partial charge is 0.425 e. The molecule has 0 spiro atoms. The molecule has 1 heterocycles. The van der Waals surface area contributed by atoms with Crippen LogP contribution in [0.2, 0.25) is 0 Å². The number of hydrogen-bond donors (Lipinski definition) is 0. The molecule has 0 aliphatic rings. The van der Waals surface area contributed by atoms with E-state index in [9.17, 15) is 13.2 Å². The monoisotopic (exact) mass is 381 g/mol. The molecule has 0 aliphatic heterocycles. The van der Waals surface area contributed by atoms with Crippen LogP contribution in [0, 0.1) is 6.92 Å². The Balaban J connectivity index is 2.08. The van der Waals surface area contributed by atoms with Gasteiger partial charge in [-0.3, -0.25) is 4.79 Å². The number of rotatable bonds is 5. The lowest BCUT2D eigenvalue weighted by Crippen LogP contribution is -2.33. The highest BCUT2D eigenvalue weighted by molar-refractivity contribution is 7.91. The summed E-state index contributed by atoms with van der Waals surface area (Å²) in [6.45, 7) is 7.85. The van der Waals surface area contributed by atoms with Crippen LogP contribution in [-0.4, -0.2) is 32.3 Å². The van der Waals surface area contributed by atoms with Gasteiger partial charge in [-0.2, -0.15) is 4.31 Å². The highest BCUT2D eigenvalue weighted by Crippen LogP contribution is 2.27. The first-order valence-corrected chi connectivity index (χ1v) is 10.2. The Kier molecular flexibility index (Phi) is 5.71. The minimum atomic E-state index is -3.67. The highest BCUT2D eigenvalue weighted by Gasteiger charge is 2.25. The molecule has 0 bridgehead atoms. The number of carbonyl (C=O) groups excluding carboxylic acids is 1. The number of thiophene rings is 1. The molecule has 0 fully saturated rings. The summed E-state index contributed by atoms with van der Waals surface area (Å²) in [5.41, 5.74) is 1.98. The zero-order valence-electron chi connectivity index (χ0n) is 15.1. The Morgan fingerprint density at radius 2 is 1.92 bits per heavy atom. The van der Waals surface area contributed by atoms with Gasteiger partial charge in [0.1, 0.15) is 16.5 Å². The summed E-state index contributed by atoms with van der Waals surface area (Å²) in [5.74, 6) is -0.172. The third-order valence-corrected chi connectivity index (χ3v) is 6.95. The number of carbonyl (C=O) groups is 1. The smallest absolute Gasteiger partial charge is 0.326 e. The first-order chi connectivity index (χ1) is 11.5. The molecular weight excluding hydrogens is 358 g/mol. The van der Waals surface area contributed by atoms with Crippen molar-refractivity contribution in [2.24, 2.45) is 0 Å². The maximum Gasteiger partial charge on any atom is 0.326 e. The Bertz CT molecular complexity index is 850. The molecule has 25 heavy (non-hydrogen) atoms. The van der Waals surface area contributed by atoms with Crippen molar-refractivity contribution >= 4 is 27.3 Å². The fourth-order valence-electron chi connectivity index (χ4n) is 2.22. The number of esters is 1. The van der Waals surface area contributed by atoms with Gasteiger partial charge in [0.25, 0.3) is 10.0 Å². The standard InChI is InChI=1S/C18H23NO4S2/c1-13-11-14(18(2,3)4)8-9-15(13)23-16(20)12-19(5)25(21,22)17-7-6-10-24-17/h6-11H,12H2,1-5H3. The third kappa shape index (κ3) is 4.68. The first-order valence-electron chi connectivity index (χ1n) is 7.83. The average molecular weight is 382 g/mol. The van der Waals surface area contributed by atoms with Gasteiger partial charge in [-0.1, -0.05) is 39.0 Å². The first kappa shape index (κ1) is 19.6. The van der Waals surface area contributed by atoms with Crippen LogP contribution in [0.25, 0.3) is 0 Å². The van der Waals surface area contributed by atoms with Crippen LogP contribution in [0.5, 0.6) is 5.75 Å². The van der Waals surface area contributed by atoms with Crippen molar-refractivity contribution in [1.29, 1.82) is 0 Å². The fraction of sp³-hybridized carbons (Fsp3) is 0.389. The van der Waals surface area contributed by atoms with Crippen molar-refractivity contribution in [3.63, 3.8) is 0 Å². The number of sulfonamides is 1. The lowest BCUT2D eigenvalue weighted by molar-refractivity contribution is -0.134. The predicted molar refractivity (Wildman–Crippen MR) is 99.6 cm³/mol. The second-order valence-electron chi connectivity index (χ2n) is 6.90. The van der Waals surface area contributed by atoms with Crippen molar-refractivity contribution in [1.82, 2.24) is 4.31 Å². The van der Waals surface area contributed by atoms with E-state index in [0.29, 0.717) is 5.75 Å². The Labute approximate surface area is 153 Å². The molecular formula is C18H23NO4S2. The third-order valence-electron chi connectivity index (χ3n) is 3.78.